The molecule has 0 spiro atoms. The summed E-state index contributed by atoms with van der Waals surface area (Å²) in [6.45, 7) is 2.57. The van der Waals surface area contributed by atoms with Crippen molar-refractivity contribution >= 4 is 49.2 Å². The lowest BCUT2D eigenvalue weighted by atomic mass is 9.88. The van der Waals surface area contributed by atoms with Crippen molar-refractivity contribution in [3.05, 3.63) is 62.5 Å². The number of Topliss-reactive ketones (excluding diaryl/α,β-unsaturated/α-hetero) is 1. The number of fused-ring (bicyclic) bond motifs is 1. The van der Waals surface area contributed by atoms with Crippen LogP contribution in [0.4, 0.5) is 5.69 Å². The highest BCUT2D eigenvalue weighted by Gasteiger charge is 2.50. The van der Waals surface area contributed by atoms with Crippen molar-refractivity contribution in [3.8, 4) is 0 Å². The number of rotatable bonds is 6. The molecule has 0 aromatic heterocycles. The standard InChI is InChI=1S/C20H19Br2NO3/c1-2-3-9-23-17-8-7-15(22)11-16(17)20(26,19(23)25)12-18(24)13-5-4-6-14(21)10-13/h4-8,10-11,26H,2-3,9,12H2,1H3/t20-/m0/s1. The number of hydrogen-bond donors (Lipinski definition) is 1. The molecule has 1 amide bonds. The van der Waals surface area contributed by atoms with Crippen LogP contribution in [0.3, 0.4) is 0 Å². The topological polar surface area (TPSA) is 57.6 Å². The van der Waals surface area contributed by atoms with Crippen LogP contribution in [-0.2, 0) is 10.4 Å². The van der Waals surface area contributed by atoms with Crippen LogP contribution in [0.15, 0.2) is 51.4 Å². The quantitative estimate of drug-likeness (QED) is 0.603. The predicted molar refractivity (Wildman–Crippen MR) is 108 cm³/mol. The normalized spacial score (nSPS) is 18.9. The molecule has 0 bridgehead atoms. The van der Waals surface area contributed by atoms with Crippen LogP contribution in [0.2, 0.25) is 0 Å². The minimum atomic E-state index is -1.84. The number of unbranched alkanes of at least 4 members (excludes halogenated alkanes) is 1. The van der Waals surface area contributed by atoms with Gasteiger partial charge in [0, 0.05) is 26.6 Å². The Morgan fingerprint density at radius 3 is 2.58 bits per heavy atom. The molecule has 1 aliphatic rings. The molecule has 2 aromatic carbocycles. The zero-order valence-corrected chi connectivity index (χ0v) is 17.5. The van der Waals surface area contributed by atoms with Gasteiger partial charge in [-0.25, -0.2) is 0 Å². The average molecular weight is 481 g/mol. The van der Waals surface area contributed by atoms with Crippen molar-refractivity contribution in [2.45, 2.75) is 31.8 Å². The lowest BCUT2D eigenvalue weighted by Gasteiger charge is -2.22. The number of carbonyl (C=O) groups is 2. The number of carbonyl (C=O) groups excluding carboxylic acids is 2. The third-order valence-electron chi connectivity index (χ3n) is 4.59. The first kappa shape index (κ1) is 19.3. The van der Waals surface area contributed by atoms with E-state index < -0.39 is 11.5 Å². The maximum absolute atomic E-state index is 13.0. The molecular weight excluding hydrogens is 462 g/mol. The van der Waals surface area contributed by atoms with Gasteiger partial charge in [0.05, 0.1) is 12.1 Å². The van der Waals surface area contributed by atoms with Gasteiger partial charge in [-0.05, 0) is 36.8 Å². The van der Waals surface area contributed by atoms with Gasteiger partial charge in [0.1, 0.15) is 0 Å². The molecule has 6 heteroatoms. The fourth-order valence-corrected chi connectivity index (χ4v) is 3.99. The smallest absolute Gasteiger partial charge is 0.264 e. The highest BCUT2D eigenvalue weighted by Crippen LogP contribution is 2.44. The van der Waals surface area contributed by atoms with Crippen molar-refractivity contribution in [1.82, 2.24) is 0 Å². The van der Waals surface area contributed by atoms with E-state index in [4.69, 9.17) is 0 Å². The number of hydrogen-bond acceptors (Lipinski definition) is 3. The minimum Gasteiger partial charge on any atom is -0.375 e. The fraction of sp³-hybridized carbons (Fsp3) is 0.300. The summed E-state index contributed by atoms with van der Waals surface area (Å²) in [6, 6.07) is 12.4. The van der Waals surface area contributed by atoms with Gasteiger partial charge in [-0.15, -0.1) is 0 Å². The first-order valence-corrected chi connectivity index (χ1v) is 10.1. The van der Waals surface area contributed by atoms with E-state index in [1.165, 1.54) is 0 Å². The summed E-state index contributed by atoms with van der Waals surface area (Å²) in [5.74, 6) is -0.701. The SMILES string of the molecule is CCCCN1C(=O)[C@](O)(CC(=O)c2cccc(Br)c2)c2cc(Br)ccc21. The molecule has 0 saturated carbocycles. The number of nitrogens with zero attached hydrogens (tertiary/aromatic N) is 1. The Bertz CT molecular complexity index is 868. The summed E-state index contributed by atoms with van der Waals surface area (Å²) in [6.07, 6.45) is 1.48. The molecule has 0 saturated heterocycles. The summed E-state index contributed by atoms with van der Waals surface area (Å²) in [5.41, 5.74) is -0.219. The molecule has 0 aliphatic carbocycles. The van der Waals surface area contributed by atoms with Crippen LogP contribution >= 0.6 is 31.9 Å². The molecule has 0 fully saturated rings. The first-order chi connectivity index (χ1) is 12.4. The Morgan fingerprint density at radius 1 is 1.15 bits per heavy atom. The molecule has 1 heterocycles. The van der Waals surface area contributed by atoms with Gasteiger partial charge in [0.15, 0.2) is 11.4 Å². The summed E-state index contributed by atoms with van der Waals surface area (Å²) in [4.78, 5) is 27.4. The van der Waals surface area contributed by atoms with Crippen LogP contribution in [-0.4, -0.2) is 23.3 Å². The van der Waals surface area contributed by atoms with E-state index in [9.17, 15) is 14.7 Å². The van der Waals surface area contributed by atoms with Gasteiger partial charge < -0.3 is 10.0 Å². The summed E-state index contributed by atoms with van der Waals surface area (Å²) in [5, 5.41) is 11.3. The molecule has 0 radical (unpaired) electrons. The Balaban J connectivity index is 1.98. The molecule has 1 aliphatic heterocycles. The fourth-order valence-electron chi connectivity index (χ4n) is 3.23. The molecule has 4 nitrogen and oxygen atoms in total. The molecule has 2 aromatic rings. The number of amides is 1. The van der Waals surface area contributed by atoms with Gasteiger partial charge in [-0.1, -0.05) is 57.3 Å². The Morgan fingerprint density at radius 2 is 1.88 bits per heavy atom. The zero-order chi connectivity index (χ0) is 18.9. The molecule has 26 heavy (non-hydrogen) atoms. The molecule has 3 rings (SSSR count). The number of aliphatic hydroxyl groups is 1. The first-order valence-electron chi connectivity index (χ1n) is 8.50. The second-order valence-corrected chi connectivity index (χ2v) is 8.27. The highest BCUT2D eigenvalue weighted by atomic mass is 79.9. The second kappa shape index (κ2) is 7.62. The van der Waals surface area contributed by atoms with Gasteiger partial charge >= 0.3 is 0 Å². The van der Waals surface area contributed by atoms with Gasteiger partial charge in [0.2, 0.25) is 0 Å². The van der Waals surface area contributed by atoms with Crippen LogP contribution in [0.25, 0.3) is 0 Å². The Hall–Kier alpha value is -1.50. The zero-order valence-electron chi connectivity index (χ0n) is 14.3. The van der Waals surface area contributed by atoms with Crippen molar-refractivity contribution in [2.75, 3.05) is 11.4 Å². The van der Waals surface area contributed by atoms with Gasteiger partial charge in [-0.2, -0.15) is 0 Å². The van der Waals surface area contributed by atoms with E-state index in [0.29, 0.717) is 23.4 Å². The van der Waals surface area contributed by atoms with Gasteiger partial charge in [0.25, 0.3) is 5.91 Å². The lowest BCUT2D eigenvalue weighted by Crippen LogP contribution is -2.42. The Kier molecular flexibility index (Phi) is 5.65. The number of halogens is 2. The van der Waals surface area contributed by atoms with Crippen molar-refractivity contribution in [2.24, 2.45) is 0 Å². The van der Waals surface area contributed by atoms with Gasteiger partial charge in [-0.3, -0.25) is 9.59 Å². The van der Waals surface area contributed by atoms with E-state index >= 15 is 0 Å². The average Bonchev–Trinajstić information content (AvgIpc) is 2.81. The summed E-state index contributed by atoms with van der Waals surface area (Å²) >= 11 is 6.74. The monoisotopic (exact) mass is 479 g/mol. The summed E-state index contributed by atoms with van der Waals surface area (Å²) < 4.78 is 1.54. The van der Waals surface area contributed by atoms with Crippen LogP contribution in [0, 0.1) is 0 Å². The maximum Gasteiger partial charge on any atom is 0.264 e. The second-order valence-electron chi connectivity index (χ2n) is 6.44. The third kappa shape index (κ3) is 3.50. The minimum absolute atomic E-state index is 0.273. The third-order valence-corrected chi connectivity index (χ3v) is 5.58. The predicted octanol–water partition coefficient (Wildman–Crippen LogP) is 4.82. The van der Waals surface area contributed by atoms with Crippen LogP contribution < -0.4 is 4.90 Å². The van der Waals surface area contributed by atoms with E-state index in [1.807, 2.05) is 25.1 Å². The highest BCUT2D eigenvalue weighted by molar-refractivity contribution is 9.10. The van der Waals surface area contributed by atoms with E-state index in [-0.39, 0.29) is 12.2 Å². The number of ketones is 1. The lowest BCUT2D eigenvalue weighted by molar-refractivity contribution is -0.135. The maximum atomic E-state index is 13.0. The van der Waals surface area contributed by atoms with Crippen molar-refractivity contribution in [1.29, 1.82) is 0 Å². The molecule has 136 valence electrons. The van der Waals surface area contributed by atoms with E-state index in [1.54, 1.807) is 29.2 Å². The molecule has 1 atom stereocenters. The summed E-state index contributed by atoms with van der Waals surface area (Å²) in [7, 11) is 0. The Labute approximate surface area is 169 Å². The van der Waals surface area contributed by atoms with E-state index in [2.05, 4.69) is 31.9 Å². The van der Waals surface area contributed by atoms with Crippen LogP contribution in [0.5, 0.6) is 0 Å². The number of benzene rings is 2. The van der Waals surface area contributed by atoms with E-state index in [0.717, 1.165) is 21.8 Å². The number of anilines is 1. The van der Waals surface area contributed by atoms with Crippen LogP contribution in [0.1, 0.15) is 42.1 Å². The van der Waals surface area contributed by atoms with Crippen molar-refractivity contribution in [3.63, 3.8) is 0 Å². The van der Waals surface area contributed by atoms with Crippen molar-refractivity contribution < 1.29 is 14.7 Å². The largest absolute Gasteiger partial charge is 0.375 e. The molecule has 1 N–H and O–H groups in total. The molecule has 0 unspecified atom stereocenters. The molecular formula is C20H19Br2NO3.